The molecule has 2 rings (SSSR count). The predicted octanol–water partition coefficient (Wildman–Crippen LogP) is 0.0474. The molecule has 0 spiro atoms. The highest BCUT2D eigenvalue weighted by atomic mass is 32.2. The first kappa shape index (κ1) is 19.2. The highest BCUT2D eigenvalue weighted by Gasteiger charge is 2.34. The molecule has 2 amide bonds. The Labute approximate surface area is 144 Å². The van der Waals surface area contributed by atoms with Gasteiger partial charge in [-0.3, -0.25) is 9.59 Å². The van der Waals surface area contributed by atoms with Crippen molar-refractivity contribution in [3.05, 3.63) is 0 Å². The topological polar surface area (TPSA) is 110 Å². The molecule has 1 aliphatic heterocycles. The van der Waals surface area contributed by atoms with Crippen LogP contribution in [0.25, 0.3) is 0 Å². The highest BCUT2D eigenvalue weighted by Crippen LogP contribution is 2.38. The Bertz CT molecular complexity index is 556. The van der Waals surface area contributed by atoms with Gasteiger partial charge in [-0.2, -0.15) is 0 Å². The number of sulfone groups is 1. The van der Waals surface area contributed by atoms with Crippen molar-refractivity contribution in [3.8, 4) is 0 Å². The molecule has 7 nitrogen and oxygen atoms in total. The van der Waals surface area contributed by atoms with Gasteiger partial charge in [0.2, 0.25) is 11.8 Å². The summed E-state index contributed by atoms with van der Waals surface area (Å²) in [6.07, 6.45) is 5.67. The van der Waals surface area contributed by atoms with E-state index in [0.29, 0.717) is 13.0 Å². The van der Waals surface area contributed by atoms with Gasteiger partial charge in [-0.05, 0) is 31.7 Å². The Hall–Kier alpha value is -1.15. The van der Waals surface area contributed by atoms with Crippen LogP contribution in [0.1, 0.15) is 45.4 Å². The summed E-state index contributed by atoms with van der Waals surface area (Å²) in [4.78, 5) is 26.2. The molecule has 3 N–H and O–H groups in total. The summed E-state index contributed by atoms with van der Waals surface area (Å²) >= 11 is 0. The number of rotatable bonds is 5. The molecule has 24 heavy (non-hydrogen) atoms. The van der Waals surface area contributed by atoms with Crippen LogP contribution in [0.3, 0.4) is 0 Å². The number of nitrogens with one attached hydrogen (secondary N) is 1. The molecular weight excluding hydrogens is 330 g/mol. The number of carbonyl (C=O) groups is 2. The first-order chi connectivity index (χ1) is 11.3. The van der Waals surface area contributed by atoms with Crippen molar-refractivity contribution in [2.45, 2.75) is 51.5 Å². The fraction of sp³-hybridized carbons (Fsp3) is 0.875. The number of nitrogens with zero attached hydrogens (tertiary/aromatic N) is 1. The lowest BCUT2D eigenvalue weighted by Crippen LogP contribution is -2.52. The summed E-state index contributed by atoms with van der Waals surface area (Å²) in [5.41, 5.74) is 5.77. The zero-order chi connectivity index (χ0) is 17.8. The van der Waals surface area contributed by atoms with Crippen LogP contribution in [0, 0.1) is 5.41 Å². The minimum absolute atomic E-state index is 0.00427. The van der Waals surface area contributed by atoms with Crippen LogP contribution >= 0.6 is 0 Å². The van der Waals surface area contributed by atoms with Crippen LogP contribution in [0.4, 0.5) is 0 Å². The van der Waals surface area contributed by atoms with Gasteiger partial charge >= 0.3 is 0 Å². The van der Waals surface area contributed by atoms with E-state index in [0.717, 1.165) is 25.7 Å². The standard InChI is InChI=1S/C16H29N3O4S/c1-13(15(21)19-7-9-24(22,23)10-8-19)18-14(20)11-16(12-17)5-3-2-4-6-16/h13H,2-12,17H2,1H3,(H,18,20). The van der Waals surface area contributed by atoms with Crippen molar-refractivity contribution < 1.29 is 18.0 Å². The molecule has 0 aromatic carbocycles. The van der Waals surface area contributed by atoms with Gasteiger partial charge in [-0.15, -0.1) is 0 Å². The third-order valence-corrected chi connectivity index (χ3v) is 6.90. The molecule has 0 bridgehead atoms. The van der Waals surface area contributed by atoms with Crippen LogP contribution in [0.15, 0.2) is 0 Å². The Balaban J connectivity index is 1.85. The van der Waals surface area contributed by atoms with E-state index in [4.69, 9.17) is 5.73 Å². The molecule has 1 aliphatic carbocycles. The van der Waals surface area contributed by atoms with Crippen LogP contribution in [0.5, 0.6) is 0 Å². The predicted molar refractivity (Wildman–Crippen MR) is 92.0 cm³/mol. The maximum Gasteiger partial charge on any atom is 0.244 e. The molecule has 8 heteroatoms. The quantitative estimate of drug-likeness (QED) is 0.721. The monoisotopic (exact) mass is 359 g/mol. The molecule has 1 saturated carbocycles. The number of carbonyl (C=O) groups excluding carboxylic acids is 2. The second-order valence-corrected chi connectivity index (χ2v) is 9.51. The minimum Gasteiger partial charge on any atom is -0.345 e. The highest BCUT2D eigenvalue weighted by molar-refractivity contribution is 7.91. The summed E-state index contributed by atoms with van der Waals surface area (Å²) in [5.74, 6) is -0.373. The Kier molecular flexibility index (Phi) is 6.25. The molecule has 0 aromatic heterocycles. The summed E-state index contributed by atoms with van der Waals surface area (Å²) in [5, 5.41) is 2.77. The second kappa shape index (κ2) is 7.82. The lowest BCUT2D eigenvalue weighted by atomic mass is 9.71. The van der Waals surface area contributed by atoms with E-state index < -0.39 is 15.9 Å². The molecule has 0 radical (unpaired) electrons. The smallest absolute Gasteiger partial charge is 0.244 e. The molecule has 1 atom stereocenters. The first-order valence-corrected chi connectivity index (χ1v) is 10.6. The SMILES string of the molecule is CC(NC(=O)CC1(CN)CCCCC1)C(=O)N1CCS(=O)(=O)CC1. The Morgan fingerprint density at radius 2 is 1.75 bits per heavy atom. The van der Waals surface area contributed by atoms with Crippen LogP contribution < -0.4 is 11.1 Å². The summed E-state index contributed by atoms with van der Waals surface area (Å²) < 4.78 is 22.9. The van der Waals surface area contributed by atoms with Gasteiger partial charge in [-0.1, -0.05) is 19.3 Å². The fourth-order valence-corrected chi connectivity index (χ4v) is 4.86. The lowest BCUT2D eigenvalue weighted by molar-refractivity contribution is -0.136. The van der Waals surface area contributed by atoms with E-state index in [9.17, 15) is 18.0 Å². The molecule has 1 unspecified atom stereocenters. The number of amides is 2. The zero-order valence-electron chi connectivity index (χ0n) is 14.4. The number of hydrogen-bond donors (Lipinski definition) is 2. The summed E-state index contributed by atoms with van der Waals surface area (Å²) in [6, 6.07) is -0.642. The molecule has 2 aliphatic rings. The van der Waals surface area contributed by atoms with Gasteiger partial charge in [0, 0.05) is 19.5 Å². The van der Waals surface area contributed by atoms with Gasteiger partial charge in [-0.25, -0.2) is 8.42 Å². The second-order valence-electron chi connectivity index (χ2n) is 7.21. The van der Waals surface area contributed by atoms with Crippen molar-refractivity contribution in [3.63, 3.8) is 0 Å². The van der Waals surface area contributed by atoms with Gasteiger partial charge < -0.3 is 16.0 Å². The van der Waals surface area contributed by atoms with Crippen molar-refractivity contribution in [1.82, 2.24) is 10.2 Å². The van der Waals surface area contributed by atoms with Crippen molar-refractivity contribution in [1.29, 1.82) is 0 Å². The molecular formula is C16H29N3O4S. The number of nitrogens with two attached hydrogens (primary N) is 1. The third kappa shape index (κ3) is 4.92. The lowest BCUT2D eigenvalue weighted by Gasteiger charge is -2.36. The van der Waals surface area contributed by atoms with E-state index >= 15 is 0 Å². The normalized spacial score (nSPS) is 24.2. The van der Waals surface area contributed by atoms with E-state index in [1.54, 1.807) is 6.92 Å². The largest absolute Gasteiger partial charge is 0.345 e. The maximum atomic E-state index is 12.4. The molecule has 138 valence electrons. The molecule has 2 fully saturated rings. The van der Waals surface area contributed by atoms with Gasteiger partial charge in [0.15, 0.2) is 9.84 Å². The minimum atomic E-state index is -3.02. The van der Waals surface area contributed by atoms with E-state index in [-0.39, 0.29) is 41.8 Å². The van der Waals surface area contributed by atoms with E-state index in [1.165, 1.54) is 11.3 Å². The van der Waals surface area contributed by atoms with Crippen molar-refractivity contribution in [2.24, 2.45) is 11.1 Å². The summed E-state index contributed by atoms with van der Waals surface area (Å²) in [6.45, 7) is 2.55. The van der Waals surface area contributed by atoms with Crippen LogP contribution in [0.2, 0.25) is 0 Å². The fourth-order valence-electron chi connectivity index (χ4n) is 3.66. The Morgan fingerprint density at radius 3 is 2.29 bits per heavy atom. The van der Waals surface area contributed by atoms with Crippen molar-refractivity contribution in [2.75, 3.05) is 31.1 Å². The molecule has 1 saturated heterocycles. The van der Waals surface area contributed by atoms with Gasteiger partial charge in [0.1, 0.15) is 6.04 Å². The molecule has 1 heterocycles. The first-order valence-electron chi connectivity index (χ1n) is 8.76. The molecule has 0 aromatic rings. The van der Waals surface area contributed by atoms with E-state index in [1.807, 2.05) is 0 Å². The number of hydrogen-bond acceptors (Lipinski definition) is 5. The average molecular weight is 359 g/mol. The third-order valence-electron chi connectivity index (χ3n) is 5.29. The Morgan fingerprint density at radius 1 is 1.17 bits per heavy atom. The summed E-state index contributed by atoms with van der Waals surface area (Å²) in [7, 11) is -3.02. The van der Waals surface area contributed by atoms with Crippen molar-refractivity contribution >= 4 is 21.7 Å². The van der Waals surface area contributed by atoms with Gasteiger partial charge in [0.05, 0.1) is 11.5 Å². The van der Waals surface area contributed by atoms with Gasteiger partial charge in [0.25, 0.3) is 0 Å². The van der Waals surface area contributed by atoms with Crippen LogP contribution in [-0.4, -0.2) is 62.3 Å². The van der Waals surface area contributed by atoms with E-state index in [2.05, 4.69) is 5.32 Å². The average Bonchev–Trinajstić information content (AvgIpc) is 2.55. The van der Waals surface area contributed by atoms with Crippen LogP contribution in [-0.2, 0) is 19.4 Å². The maximum absolute atomic E-state index is 12.4. The zero-order valence-corrected chi connectivity index (χ0v) is 15.2.